The first-order valence-electron chi connectivity index (χ1n) is 7.44. The van der Waals surface area contributed by atoms with E-state index in [1.165, 1.54) is 11.8 Å². The number of fused-ring (bicyclic) bond motifs is 1. The molecule has 0 saturated carbocycles. The van der Waals surface area contributed by atoms with Gasteiger partial charge in [-0.1, -0.05) is 36.4 Å². The van der Waals surface area contributed by atoms with Gasteiger partial charge in [0.15, 0.2) is 5.16 Å². The first kappa shape index (κ1) is 14.6. The molecule has 4 aromatic rings. The van der Waals surface area contributed by atoms with Crippen LogP contribution in [0.5, 0.6) is 0 Å². The smallest absolute Gasteiger partial charge is 0.221 e. The Morgan fingerprint density at radius 3 is 2.62 bits per heavy atom. The molecule has 0 radical (unpaired) electrons. The van der Waals surface area contributed by atoms with Gasteiger partial charge in [0.2, 0.25) is 5.16 Å². The molecule has 0 bridgehead atoms. The first-order chi connectivity index (χ1) is 11.9. The Kier molecular flexibility index (Phi) is 3.84. The zero-order valence-electron chi connectivity index (χ0n) is 12.8. The standard InChI is InChI=1S/C17H14N6S/c1-2-12-22-15-11-7-6-10-14(15)18-16(22)24-17-19-20-21-23(17)13-8-4-3-5-9-13/h2-11H,1,12H2. The first-order valence-corrected chi connectivity index (χ1v) is 8.26. The molecule has 2 aromatic carbocycles. The molecule has 0 aliphatic heterocycles. The quantitative estimate of drug-likeness (QED) is 0.524. The third kappa shape index (κ3) is 2.59. The molecule has 118 valence electrons. The van der Waals surface area contributed by atoms with Crippen LogP contribution in [-0.4, -0.2) is 29.8 Å². The second-order valence-corrected chi connectivity index (χ2v) is 6.03. The van der Waals surface area contributed by atoms with Crippen molar-refractivity contribution >= 4 is 22.8 Å². The van der Waals surface area contributed by atoms with Gasteiger partial charge in [0, 0.05) is 6.54 Å². The summed E-state index contributed by atoms with van der Waals surface area (Å²) in [6.07, 6.45) is 1.86. The predicted octanol–water partition coefficient (Wildman–Crippen LogP) is 3.35. The van der Waals surface area contributed by atoms with Crippen LogP contribution >= 0.6 is 11.8 Å². The summed E-state index contributed by atoms with van der Waals surface area (Å²) in [7, 11) is 0. The van der Waals surface area contributed by atoms with Crippen molar-refractivity contribution in [3.63, 3.8) is 0 Å². The fourth-order valence-electron chi connectivity index (χ4n) is 2.49. The van der Waals surface area contributed by atoms with Gasteiger partial charge in [0.1, 0.15) is 0 Å². The van der Waals surface area contributed by atoms with E-state index in [-0.39, 0.29) is 0 Å². The van der Waals surface area contributed by atoms with Crippen LogP contribution < -0.4 is 0 Å². The van der Waals surface area contributed by atoms with Gasteiger partial charge in [-0.3, -0.25) is 0 Å². The zero-order chi connectivity index (χ0) is 16.4. The molecule has 0 aliphatic carbocycles. The Morgan fingerprint density at radius 1 is 1.00 bits per heavy atom. The number of imidazole rings is 1. The lowest BCUT2D eigenvalue weighted by molar-refractivity contribution is 0.733. The summed E-state index contributed by atoms with van der Waals surface area (Å²) in [6.45, 7) is 4.52. The number of rotatable bonds is 5. The summed E-state index contributed by atoms with van der Waals surface area (Å²) in [5, 5.41) is 13.5. The van der Waals surface area contributed by atoms with Crippen molar-refractivity contribution in [2.75, 3.05) is 0 Å². The van der Waals surface area contributed by atoms with Crippen LogP contribution in [0.2, 0.25) is 0 Å². The van der Waals surface area contributed by atoms with E-state index in [4.69, 9.17) is 4.98 Å². The van der Waals surface area contributed by atoms with Gasteiger partial charge in [0.05, 0.1) is 16.7 Å². The molecule has 6 nitrogen and oxygen atoms in total. The van der Waals surface area contributed by atoms with Crippen molar-refractivity contribution in [1.29, 1.82) is 0 Å². The zero-order valence-corrected chi connectivity index (χ0v) is 13.6. The van der Waals surface area contributed by atoms with Gasteiger partial charge >= 0.3 is 0 Å². The van der Waals surface area contributed by atoms with Crippen LogP contribution in [0.15, 0.2) is 77.6 Å². The highest BCUT2D eigenvalue weighted by Crippen LogP contribution is 2.29. The Morgan fingerprint density at radius 2 is 1.79 bits per heavy atom. The highest BCUT2D eigenvalue weighted by molar-refractivity contribution is 7.99. The highest BCUT2D eigenvalue weighted by atomic mass is 32.2. The maximum absolute atomic E-state index is 4.71. The number of hydrogen-bond donors (Lipinski definition) is 0. The van der Waals surface area contributed by atoms with Gasteiger partial charge in [-0.25, -0.2) is 4.98 Å². The fourth-order valence-corrected chi connectivity index (χ4v) is 3.39. The number of benzene rings is 2. The van der Waals surface area contributed by atoms with Crippen molar-refractivity contribution in [3.05, 3.63) is 67.3 Å². The maximum atomic E-state index is 4.71. The summed E-state index contributed by atoms with van der Waals surface area (Å²) in [4.78, 5) is 4.71. The van der Waals surface area contributed by atoms with Gasteiger partial charge < -0.3 is 4.57 Å². The molecule has 4 rings (SSSR count). The van der Waals surface area contributed by atoms with Crippen molar-refractivity contribution in [2.24, 2.45) is 0 Å². The number of tetrazole rings is 1. The molecule has 2 aromatic heterocycles. The molecule has 0 aliphatic rings. The molecule has 0 unspecified atom stereocenters. The number of hydrogen-bond acceptors (Lipinski definition) is 5. The number of nitrogens with zero attached hydrogens (tertiary/aromatic N) is 6. The molecule has 24 heavy (non-hydrogen) atoms. The monoisotopic (exact) mass is 334 g/mol. The van der Waals surface area contributed by atoms with Crippen LogP contribution in [0.4, 0.5) is 0 Å². The van der Waals surface area contributed by atoms with E-state index in [0.29, 0.717) is 11.7 Å². The average Bonchev–Trinajstić information content (AvgIpc) is 3.22. The Labute approximate surface area is 142 Å². The second-order valence-electron chi connectivity index (χ2n) is 5.09. The lowest BCUT2D eigenvalue weighted by atomic mass is 10.3. The number of allylic oxidation sites excluding steroid dienone is 1. The molecule has 0 spiro atoms. The lowest BCUT2D eigenvalue weighted by Gasteiger charge is -2.06. The summed E-state index contributed by atoms with van der Waals surface area (Å²) in [6, 6.07) is 17.8. The van der Waals surface area contributed by atoms with E-state index in [1.54, 1.807) is 4.68 Å². The van der Waals surface area contributed by atoms with Gasteiger partial charge in [-0.15, -0.1) is 11.7 Å². The summed E-state index contributed by atoms with van der Waals surface area (Å²) in [5.74, 6) is 0. The van der Waals surface area contributed by atoms with Crippen LogP contribution in [0.1, 0.15) is 0 Å². The fraction of sp³-hybridized carbons (Fsp3) is 0.0588. The van der Waals surface area contributed by atoms with E-state index in [1.807, 2.05) is 54.6 Å². The summed E-state index contributed by atoms with van der Waals surface area (Å²) in [5.41, 5.74) is 2.93. The van der Waals surface area contributed by atoms with E-state index in [9.17, 15) is 0 Å². The van der Waals surface area contributed by atoms with Crippen LogP contribution in [0, 0.1) is 0 Å². The molecular formula is C17H14N6S. The molecule has 0 saturated heterocycles. The lowest BCUT2D eigenvalue weighted by Crippen LogP contribution is -2.01. The second kappa shape index (κ2) is 6.29. The van der Waals surface area contributed by atoms with Gasteiger partial charge in [-0.2, -0.15) is 4.68 Å². The molecule has 2 heterocycles. The van der Waals surface area contributed by atoms with E-state index >= 15 is 0 Å². The van der Waals surface area contributed by atoms with Crippen molar-refractivity contribution < 1.29 is 0 Å². The predicted molar refractivity (Wildman–Crippen MR) is 93.2 cm³/mol. The van der Waals surface area contributed by atoms with Gasteiger partial charge in [0.25, 0.3) is 0 Å². The number of aromatic nitrogens is 6. The van der Waals surface area contributed by atoms with E-state index < -0.39 is 0 Å². The van der Waals surface area contributed by atoms with Crippen LogP contribution in [0.25, 0.3) is 16.7 Å². The number of para-hydroxylation sites is 3. The molecular weight excluding hydrogens is 320 g/mol. The Hall–Kier alpha value is -2.93. The molecule has 7 heteroatoms. The molecule has 0 fully saturated rings. The van der Waals surface area contributed by atoms with Crippen LogP contribution in [0.3, 0.4) is 0 Å². The topological polar surface area (TPSA) is 61.4 Å². The third-order valence-corrected chi connectivity index (χ3v) is 4.49. The normalized spacial score (nSPS) is 11.0. The minimum absolute atomic E-state index is 0.668. The van der Waals surface area contributed by atoms with E-state index in [2.05, 4.69) is 32.7 Å². The van der Waals surface area contributed by atoms with Crippen molar-refractivity contribution in [3.8, 4) is 5.69 Å². The summed E-state index contributed by atoms with van der Waals surface area (Å²) < 4.78 is 3.82. The van der Waals surface area contributed by atoms with Crippen molar-refractivity contribution in [2.45, 2.75) is 16.9 Å². The SMILES string of the molecule is C=CCn1c(Sc2nnnn2-c2ccccc2)nc2ccccc21. The maximum Gasteiger partial charge on any atom is 0.221 e. The van der Waals surface area contributed by atoms with Gasteiger partial charge in [-0.05, 0) is 46.5 Å². The third-order valence-electron chi connectivity index (χ3n) is 3.56. The Balaban J connectivity index is 1.77. The molecule has 0 amide bonds. The summed E-state index contributed by atoms with van der Waals surface area (Å²) >= 11 is 1.44. The Bertz CT molecular complexity index is 989. The minimum Gasteiger partial charge on any atom is -0.315 e. The van der Waals surface area contributed by atoms with E-state index in [0.717, 1.165) is 21.9 Å². The largest absolute Gasteiger partial charge is 0.315 e. The highest BCUT2D eigenvalue weighted by Gasteiger charge is 2.16. The molecule has 0 atom stereocenters. The molecule has 0 N–H and O–H groups in total. The minimum atomic E-state index is 0.668. The van der Waals surface area contributed by atoms with Crippen LogP contribution in [-0.2, 0) is 6.54 Å². The van der Waals surface area contributed by atoms with Crippen molar-refractivity contribution in [1.82, 2.24) is 29.8 Å². The average molecular weight is 334 g/mol.